The molecule has 3 aromatic carbocycles. The minimum absolute atomic E-state index is 0.0823. The second kappa shape index (κ2) is 11.1. The number of hydrogen-bond acceptors (Lipinski definition) is 4. The number of nitrogens with zero attached hydrogens (tertiary/aromatic N) is 1. The quantitative estimate of drug-likeness (QED) is 0.429. The summed E-state index contributed by atoms with van der Waals surface area (Å²) in [6.07, 6.45) is 3.71. The Balaban J connectivity index is 1.43. The number of carbonyl (C=O) groups excluding carboxylic acids is 1. The fraction of sp³-hybridized carbons (Fsp3) is 0.345. The average molecular weight is 492 g/mol. The lowest BCUT2D eigenvalue weighted by atomic mass is 10.0. The van der Waals surface area contributed by atoms with Crippen LogP contribution < -0.4 is 9.47 Å². The van der Waals surface area contributed by atoms with E-state index >= 15 is 0 Å². The Bertz CT molecular complexity index is 1160. The van der Waals surface area contributed by atoms with Gasteiger partial charge in [0.2, 0.25) is 5.91 Å². The summed E-state index contributed by atoms with van der Waals surface area (Å²) in [4.78, 5) is 15.0. The molecule has 0 N–H and O–H groups in total. The van der Waals surface area contributed by atoms with E-state index < -0.39 is 0 Å². The highest BCUT2D eigenvalue weighted by molar-refractivity contribution is 6.30. The zero-order valence-electron chi connectivity index (χ0n) is 19.8. The molecule has 0 saturated carbocycles. The summed E-state index contributed by atoms with van der Waals surface area (Å²) < 4.78 is 18.3. The molecular formula is C29H30ClNO4. The van der Waals surface area contributed by atoms with E-state index in [9.17, 15) is 4.79 Å². The molecule has 0 radical (unpaired) electrons. The Kier molecular flexibility index (Phi) is 7.55. The number of amides is 1. The number of ether oxygens (including phenoxy) is 3. The third-order valence-corrected chi connectivity index (χ3v) is 6.74. The lowest BCUT2D eigenvalue weighted by Gasteiger charge is -2.24. The molecule has 1 unspecified atom stereocenters. The van der Waals surface area contributed by atoms with Crippen LogP contribution in [0.25, 0.3) is 11.1 Å². The smallest absolute Gasteiger partial charge is 0.227 e. The molecule has 5 rings (SSSR count). The van der Waals surface area contributed by atoms with Crippen LogP contribution in [0.1, 0.15) is 30.4 Å². The monoisotopic (exact) mass is 491 g/mol. The molecule has 1 fully saturated rings. The second-order valence-corrected chi connectivity index (χ2v) is 9.54. The van der Waals surface area contributed by atoms with Crippen molar-refractivity contribution in [2.24, 2.45) is 0 Å². The first kappa shape index (κ1) is 23.7. The molecule has 6 heteroatoms. The standard InChI is InChI=1S/C29H30ClNO4/c30-25-10-6-9-22(17-25)23-16-24-19-31(28(32)15-21-7-2-1-3-8-21)12-14-34-29(24)27(18-23)35-20-26-11-4-5-13-33-26/h1-3,6-10,16-18,26H,4-5,11-15,19-20H2. The Hall–Kier alpha value is -3.02. The molecule has 0 spiro atoms. The molecule has 0 aromatic heterocycles. The first-order valence-corrected chi connectivity index (χ1v) is 12.7. The number of halogens is 1. The highest BCUT2D eigenvalue weighted by Crippen LogP contribution is 2.39. The summed E-state index contributed by atoms with van der Waals surface area (Å²) in [5, 5.41) is 0.673. The van der Waals surface area contributed by atoms with Crippen molar-refractivity contribution in [3.05, 3.63) is 82.9 Å². The molecular weight excluding hydrogens is 462 g/mol. The van der Waals surface area contributed by atoms with Gasteiger partial charge in [-0.1, -0.05) is 54.1 Å². The van der Waals surface area contributed by atoms with E-state index in [1.807, 2.05) is 65.6 Å². The van der Waals surface area contributed by atoms with E-state index in [1.54, 1.807) is 0 Å². The fourth-order valence-corrected chi connectivity index (χ4v) is 4.83. The van der Waals surface area contributed by atoms with Crippen molar-refractivity contribution in [1.29, 1.82) is 0 Å². The summed E-state index contributed by atoms with van der Waals surface area (Å²) in [5.41, 5.74) is 3.91. The minimum atomic E-state index is 0.0823. The van der Waals surface area contributed by atoms with Crippen LogP contribution in [0.3, 0.4) is 0 Å². The van der Waals surface area contributed by atoms with Gasteiger partial charge in [-0.05, 0) is 60.2 Å². The lowest BCUT2D eigenvalue weighted by Crippen LogP contribution is -2.33. The number of rotatable bonds is 6. The van der Waals surface area contributed by atoms with Crippen LogP contribution in [0.4, 0.5) is 0 Å². The van der Waals surface area contributed by atoms with Gasteiger partial charge >= 0.3 is 0 Å². The topological polar surface area (TPSA) is 48.0 Å². The molecule has 1 saturated heterocycles. The van der Waals surface area contributed by atoms with Gasteiger partial charge in [0.1, 0.15) is 13.2 Å². The SMILES string of the molecule is O=C(Cc1ccccc1)N1CCOc2c(cc(-c3cccc(Cl)c3)cc2OCC2CCCCO2)C1. The van der Waals surface area contributed by atoms with Gasteiger partial charge in [0.05, 0.1) is 19.1 Å². The molecule has 1 atom stereocenters. The molecule has 3 aromatic rings. The van der Waals surface area contributed by atoms with Crippen molar-refractivity contribution in [2.45, 2.75) is 38.3 Å². The van der Waals surface area contributed by atoms with Crippen LogP contribution in [0.15, 0.2) is 66.7 Å². The Morgan fingerprint density at radius 3 is 2.69 bits per heavy atom. The normalized spacial score (nSPS) is 17.7. The van der Waals surface area contributed by atoms with Gasteiger partial charge in [-0.15, -0.1) is 0 Å². The van der Waals surface area contributed by atoms with Crippen LogP contribution in [0, 0.1) is 0 Å². The van der Waals surface area contributed by atoms with E-state index in [1.165, 1.54) is 0 Å². The average Bonchev–Trinajstić information content (AvgIpc) is 3.11. The predicted octanol–water partition coefficient (Wildman–Crippen LogP) is 5.92. The molecule has 2 aliphatic rings. The zero-order chi connectivity index (χ0) is 24.0. The second-order valence-electron chi connectivity index (χ2n) is 9.10. The van der Waals surface area contributed by atoms with Crippen molar-refractivity contribution >= 4 is 17.5 Å². The highest BCUT2D eigenvalue weighted by Gasteiger charge is 2.25. The van der Waals surface area contributed by atoms with Crippen LogP contribution in [0.5, 0.6) is 11.5 Å². The number of carbonyl (C=O) groups is 1. The van der Waals surface area contributed by atoms with Gasteiger partial charge in [0.15, 0.2) is 11.5 Å². The van der Waals surface area contributed by atoms with Gasteiger partial charge in [0.25, 0.3) is 0 Å². The Morgan fingerprint density at radius 1 is 1.00 bits per heavy atom. The van der Waals surface area contributed by atoms with Gasteiger partial charge in [-0.25, -0.2) is 0 Å². The van der Waals surface area contributed by atoms with E-state index in [4.69, 9.17) is 25.8 Å². The molecule has 0 aliphatic carbocycles. The fourth-order valence-electron chi connectivity index (χ4n) is 4.64. The third-order valence-electron chi connectivity index (χ3n) is 6.51. The van der Waals surface area contributed by atoms with Crippen LogP contribution >= 0.6 is 11.6 Å². The largest absolute Gasteiger partial charge is 0.487 e. The molecule has 182 valence electrons. The van der Waals surface area contributed by atoms with Crippen molar-refractivity contribution in [1.82, 2.24) is 4.90 Å². The maximum Gasteiger partial charge on any atom is 0.227 e. The molecule has 5 nitrogen and oxygen atoms in total. The minimum Gasteiger partial charge on any atom is -0.487 e. The Labute approximate surface area is 211 Å². The van der Waals surface area contributed by atoms with E-state index in [2.05, 4.69) is 6.07 Å². The van der Waals surface area contributed by atoms with Crippen molar-refractivity contribution < 1.29 is 19.0 Å². The summed E-state index contributed by atoms with van der Waals surface area (Å²) >= 11 is 6.28. The van der Waals surface area contributed by atoms with Gasteiger partial charge in [0, 0.05) is 23.7 Å². The number of fused-ring (bicyclic) bond motifs is 1. The van der Waals surface area contributed by atoms with Crippen molar-refractivity contribution in [2.75, 3.05) is 26.4 Å². The van der Waals surface area contributed by atoms with Crippen molar-refractivity contribution in [3.63, 3.8) is 0 Å². The highest BCUT2D eigenvalue weighted by atomic mass is 35.5. The number of hydrogen-bond donors (Lipinski definition) is 0. The summed E-state index contributed by atoms with van der Waals surface area (Å²) in [6.45, 7) is 2.67. The lowest BCUT2D eigenvalue weighted by molar-refractivity contribution is -0.131. The molecule has 2 aliphatic heterocycles. The first-order valence-electron chi connectivity index (χ1n) is 12.3. The van der Waals surface area contributed by atoms with E-state index in [0.717, 1.165) is 48.1 Å². The summed E-state index contributed by atoms with van der Waals surface area (Å²) in [5.74, 6) is 1.48. The maximum absolute atomic E-state index is 13.2. The van der Waals surface area contributed by atoms with Crippen LogP contribution in [-0.2, 0) is 22.5 Å². The summed E-state index contributed by atoms with van der Waals surface area (Å²) in [6, 6.07) is 21.7. The van der Waals surface area contributed by atoms with E-state index in [-0.39, 0.29) is 12.0 Å². The van der Waals surface area contributed by atoms with E-state index in [0.29, 0.717) is 49.2 Å². The first-order chi connectivity index (χ1) is 17.2. The Morgan fingerprint density at radius 2 is 1.89 bits per heavy atom. The zero-order valence-corrected chi connectivity index (χ0v) is 20.5. The van der Waals surface area contributed by atoms with Gasteiger partial charge in [-0.3, -0.25) is 4.79 Å². The van der Waals surface area contributed by atoms with Gasteiger partial charge in [-0.2, -0.15) is 0 Å². The molecule has 2 heterocycles. The molecule has 35 heavy (non-hydrogen) atoms. The number of benzene rings is 3. The van der Waals surface area contributed by atoms with Crippen LogP contribution in [0.2, 0.25) is 5.02 Å². The van der Waals surface area contributed by atoms with Gasteiger partial charge < -0.3 is 19.1 Å². The summed E-state index contributed by atoms with van der Waals surface area (Å²) in [7, 11) is 0. The molecule has 1 amide bonds. The predicted molar refractivity (Wildman–Crippen MR) is 137 cm³/mol. The maximum atomic E-state index is 13.2. The molecule has 0 bridgehead atoms. The van der Waals surface area contributed by atoms with Crippen molar-refractivity contribution in [3.8, 4) is 22.6 Å². The van der Waals surface area contributed by atoms with Crippen LogP contribution in [-0.4, -0.2) is 43.3 Å². The third kappa shape index (κ3) is 5.98.